The van der Waals surface area contributed by atoms with Crippen LogP contribution < -0.4 is 0 Å². The predicted molar refractivity (Wildman–Crippen MR) is 48.3 cm³/mol. The van der Waals surface area contributed by atoms with Crippen LogP contribution in [0.3, 0.4) is 0 Å². The molecule has 70 valence electrons. The summed E-state index contributed by atoms with van der Waals surface area (Å²) < 4.78 is 36.9. The van der Waals surface area contributed by atoms with Crippen LogP contribution in [0.4, 0.5) is 3.89 Å². The number of halogens is 1. The van der Waals surface area contributed by atoms with Crippen LogP contribution in [0.5, 0.6) is 0 Å². The van der Waals surface area contributed by atoms with Crippen LogP contribution in [0.1, 0.15) is 0 Å². The molecule has 0 N–H and O–H groups in total. The summed E-state index contributed by atoms with van der Waals surface area (Å²) in [6.45, 7) is 0. The minimum atomic E-state index is -5.42. The molecular formula is C4H5FO3S3Se. The van der Waals surface area contributed by atoms with Crippen molar-refractivity contribution in [1.82, 2.24) is 0 Å². The van der Waals surface area contributed by atoms with Crippen LogP contribution in [0.25, 0.3) is 0 Å². The predicted octanol–water partition coefficient (Wildman–Crippen LogP) is 1.22. The summed E-state index contributed by atoms with van der Waals surface area (Å²) in [5, 5.41) is 2.17. The minimum Gasteiger partial charge on any atom is -0.722 e. The molecule has 0 spiro atoms. The second kappa shape index (κ2) is 6.06. The molecule has 0 aromatic carbocycles. The molecule has 0 atom stereocenters. The van der Waals surface area contributed by atoms with Gasteiger partial charge in [0.2, 0.25) is 0 Å². The van der Waals surface area contributed by atoms with Crippen molar-refractivity contribution in [3.8, 4) is 0 Å². The normalized spacial score (nSPS) is 10.2. The SMILES string of the molecule is CSc1[s+]cc[se]1.O=S(=O)([O-])F. The van der Waals surface area contributed by atoms with E-state index in [9.17, 15) is 3.89 Å². The number of hydrogen-bond acceptors (Lipinski definition) is 4. The molecule has 0 fully saturated rings. The van der Waals surface area contributed by atoms with Crippen molar-refractivity contribution in [3.05, 3.63) is 10.3 Å². The topological polar surface area (TPSA) is 57.2 Å². The second-order valence-corrected chi connectivity index (χ2v) is 7.22. The van der Waals surface area contributed by atoms with Crippen molar-refractivity contribution in [1.29, 1.82) is 0 Å². The van der Waals surface area contributed by atoms with Crippen molar-refractivity contribution in [3.63, 3.8) is 0 Å². The summed E-state index contributed by atoms with van der Waals surface area (Å²) in [6, 6.07) is 0. The number of thioether (sulfide) groups is 1. The van der Waals surface area contributed by atoms with Gasteiger partial charge in [0, 0.05) is 0 Å². The first-order valence-corrected chi connectivity index (χ1v) is 7.74. The minimum absolute atomic E-state index is 0.698. The third-order valence-electron chi connectivity index (χ3n) is 0.551. The maximum absolute atomic E-state index is 10.1. The maximum atomic E-state index is 10.1. The summed E-state index contributed by atoms with van der Waals surface area (Å²) in [5.41, 5.74) is 0. The average molecular weight is 295 g/mol. The van der Waals surface area contributed by atoms with Crippen LogP contribution in [-0.2, 0) is 10.5 Å². The Morgan fingerprint density at radius 3 is 2.42 bits per heavy atom. The van der Waals surface area contributed by atoms with E-state index in [1.807, 2.05) is 23.1 Å². The first-order chi connectivity index (χ1) is 5.43. The molecule has 1 rings (SSSR count). The molecule has 8 heteroatoms. The zero-order valence-corrected chi connectivity index (χ0v) is 10.1. The third-order valence-corrected chi connectivity index (χ3v) is 6.16. The average Bonchev–Trinajstić information content (AvgIpc) is 2.33. The molecule has 0 bridgehead atoms. The summed E-state index contributed by atoms with van der Waals surface area (Å²) in [7, 11) is -5.42. The Hall–Kier alpha value is 0.539. The molecule has 0 aliphatic rings. The molecular weight excluding hydrogens is 290 g/mol. The van der Waals surface area contributed by atoms with Gasteiger partial charge < -0.3 is 4.55 Å². The molecule has 0 saturated carbocycles. The molecule has 3 nitrogen and oxygen atoms in total. The Kier molecular flexibility index (Phi) is 6.34. The summed E-state index contributed by atoms with van der Waals surface area (Å²) in [4.78, 5) is 2.25. The van der Waals surface area contributed by atoms with E-state index in [4.69, 9.17) is 13.0 Å². The van der Waals surface area contributed by atoms with Gasteiger partial charge in [-0.2, -0.15) is 0 Å². The van der Waals surface area contributed by atoms with E-state index in [1.165, 1.54) is 0 Å². The van der Waals surface area contributed by atoms with E-state index in [2.05, 4.69) is 16.6 Å². The largest absolute Gasteiger partial charge is 0.722 e. The molecule has 12 heavy (non-hydrogen) atoms. The third kappa shape index (κ3) is 10.5. The quantitative estimate of drug-likeness (QED) is 0.257. The van der Waals surface area contributed by atoms with Crippen molar-refractivity contribution in [2.24, 2.45) is 0 Å². The van der Waals surface area contributed by atoms with Gasteiger partial charge in [0.25, 0.3) is 10.5 Å². The van der Waals surface area contributed by atoms with E-state index in [1.54, 1.807) is 3.08 Å². The van der Waals surface area contributed by atoms with Crippen molar-refractivity contribution in [2.75, 3.05) is 6.26 Å². The van der Waals surface area contributed by atoms with Crippen LogP contribution in [0.2, 0.25) is 0 Å². The summed E-state index contributed by atoms with van der Waals surface area (Å²) in [6.07, 6.45) is 2.14. The van der Waals surface area contributed by atoms with E-state index in [0.29, 0.717) is 14.5 Å². The van der Waals surface area contributed by atoms with E-state index in [-0.39, 0.29) is 0 Å². The second-order valence-electron chi connectivity index (χ2n) is 1.36. The van der Waals surface area contributed by atoms with E-state index in [0.717, 1.165) is 0 Å². The molecule has 0 radical (unpaired) electrons. The van der Waals surface area contributed by atoms with Gasteiger partial charge in [-0.15, -0.1) is 3.89 Å². The van der Waals surface area contributed by atoms with Crippen molar-refractivity contribution >= 4 is 48.1 Å². The monoisotopic (exact) mass is 296 g/mol. The molecule has 0 unspecified atom stereocenters. The first kappa shape index (κ1) is 12.5. The fourth-order valence-corrected chi connectivity index (χ4v) is 4.03. The number of hydrogen-bond donors (Lipinski definition) is 0. The zero-order valence-electron chi connectivity index (χ0n) is 5.89. The Morgan fingerprint density at radius 2 is 2.25 bits per heavy atom. The Labute approximate surface area is 84.4 Å². The maximum Gasteiger partial charge on any atom is 0.255 e. The Morgan fingerprint density at radius 1 is 1.75 bits per heavy atom. The first-order valence-electron chi connectivity index (χ1n) is 2.48. The number of rotatable bonds is 1. The summed E-state index contributed by atoms with van der Waals surface area (Å²) in [5.74, 6) is 0. The van der Waals surface area contributed by atoms with Gasteiger partial charge in [-0.1, -0.05) is 0 Å². The molecule has 0 aliphatic heterocycles. The zero-order chi connectivity index (χ0) is 9.61. The standard InChI is InChI=1S/C4H5S2Se.FHO3S/c1-5-4-6-2-3-7-4;1-5(2,3)4/h2-3H,1H3;(H,2,3,4)/q+1;/p-1. The fourth-order valence-electron chi connectivity index (χ4n) is 0.291. The van der Waals surface area contributed by atoms with Gasteiger partial charge in [-0.25, -0.2) is 8.42 Å². The smallest absolute Gasteiger partial charge is 0.255 e. The van der Waals surface area contributed by atoms with Gasteiger partial charge in [0.1, 0.15) is 0 Å². The van der Waals surface area contributed by atoms with Gasteiger partial charge in [0.15, 0.2) is 0 Å². The van der Waals surface area contributed by atoms with Gasteiger partial charge in [-0.3, -0.25) is 0 Å². The molecule has 1 aromatic rings. The Balaban J connectivity index is 0.000000217. The van der Waals surface area contributed by atoms with Gasteiger partial charge in [-0.05, 0) is 0 Å². The van der Waals surface area contributed by atoms with Crippen LogP contribution in [0, 0.1) is 0 Å². The Bertz CT molecular complexity index is 287. The van der Waals surface area contributed by atoms with Gasteiger partial charge >= 0.3 is 57.3 Å². The molecule has 0 aliphatic carbocycles. The van der Waals surface area contributed by atoms with Crippen LogP contribution >= 0.6 is 23.1 Å². The molecule has 1 aromatic heterocycles. The van der Waals surface area contributed by atoms with E-state index < -0.39 is 10.5 Å². The fraction of sp³-hybridized carbons (Fsp3) is 0.250. The molecule has 0 amide bonds. The summed E-state index contributed by atoms with van der Waals surface area (Å²) >= 11 is 4.45. The van der Waals surface area contributed by atoms with Crippen LogP contribution in [0.15, 0.2) is 13.4 Å². The van der Waals surface area contributed by atoms with Crippen molar-refractivity contribution in [2.45, 2.75) is 3.08 Å². The molecule has 1 heterocycles. The van der Waals surface area contributed by atoms with Crippen molar-refractivity contribution < 1.29 is 16.9 Å². The van der Waals surface area contributed by atoms with Gasteiger partial charge in [0.05, 0.1) is 0 Å². The van der Waals surface area contributed by atoms with E-state index >= 15 is 0 Å². The molecule has 0 saturated heterocycles. The van der Waals surface area contributed by atoms with Crippen LogP contribution in [-0.4, -0.2) is 33.7 Å².